The smallest absolute Gasteiger partial charge is 0.158 e. The Balaban J connectivity index is 1.79. The van der Waals surface area contributed by atoms with Crippen molar-refractivity contribution < 1.29 is 4.79 Å². The molecule has 2 saturated carbocycles. The molecule has 2 nitrogen and oxygen atoms in total. The molecular weight excluding hydrogens is 246 g/mol. The average molecular weight is 260 g/mol. The second-order valence-corrected chi connectivity index (χ2v) is 5.74. The highest BCUT2D eigenvalue weighted by Crippen LogP contribution is 2.59. The number of benzene rings is 1. The van der Waals surface area contributed by atoms with E-state index in [0.717, 1.165) is 5.56 Å². The normalized spacial score (nSPS) is 30.3. The SMILES string of the molecule is N#CC(C(=O)C1C2CCCC21)c1ccc(Cl)cc1. The zero-order valence-electron chi connectivity index (χ0n) is 9.97. The largest absolute Gasteiger partial charge is 0.298 e. The lowest BCUT2D eigenvalue weighted by molar-refractivity contribution is -0.121. The van der Waals surface area contributed by atoms with Gasteiger partial charge in [-0.2, -0.15) is 5.26 Å². The van der Waals surface area contributed by atoms with E-state index >= 15 is 0 Å². The van der Waals surface area contributed by atoms with Crippen LogP contribution in [0.25, 0.3) is 0 Å². The molecule has 0 heterocycles. The summed E-state index contributed by atoms with van der Waals surface area (Å²) in [6.45, 7) is 0. The number of nitriles is 1. The first-order valence-electron chi connectivity index (χ1n) is 6.41. The van der Waals surface area contributed by atoms with Crippen LogP contribution in [0.15, 0.2) is 24.3 Å². The summed E-state index contributed by atoms with van der Waals surface area (Å²) in [7, 11) is 0. The van der Waals surface area contributed by atoms with Crippen LogP contribution in [-0.4, -0.2) is 5.78 Å². The summed E-state index contributed by atoms with van der Waals surface area (Å²) < 4.78 is 0. The monoisotopic (exact) mass is 259 g/mol. The first-order chi connectivity index (χ1) is 8.72. The molecule has 2 fully saturated rings. The van der Waals surface area contributed by atoms with Crippen LogP contribution in [0.5, 0.6) is 0 Å². The molecule has 0 aliphatic heterocycles. The van der Waals surface area contributed by atoms with E-state index in [-0.39, 0.29) is 11.7 Å². The summed E-state index contributed by atoms with van der Waals surface area (Å²) in [4.78, 5) is 12.4. The zero-order chi connectivity index (χ0) is 12.7. The molecular formula is C15H14ClNO. The summed E-state index contributed by atoms with van der Waals surface area (Å²) in [5, 5.41) is 9.89. The van der Waals surface area contributed by atoms with Crippen molar-refractivity contribution in [3.63, 3.8) is 0 Å². The van der Waals surface area contributed by atoms with E-state index in [2.05, 4.69) is 6.07 Å². The first-order valence-corrected chi connectivity index (χ1v) is 6.79. The highest BCUT2D eigenvalue weighted by molar-refractivity contribution is 6.30. The average Bonchev–Trinajstić information content (AvgIpc) is 2.86. The van der Waals surface area contributed by atoms with Gasteiger partial charge in [-0.05, 0) is 42.4 Å². The Morgan fingerprint density at radius 1 is 1.28 bits per heavy atom. The molecule has 0 N–H and O–H groups in total. The van der Waals surface area contributed by atoms with Crippen molar-refractivity contribution in [3.8, 4) is 6.07 Å². The van der Waals surface area contributed by atoms with Crippen molar-refractivity contribution in [2.75, 3.05) is 0 Å². The number of carbonyl (C=O) groups is 1. The molecule has 3 atom stereocenters. The van der Waals surface area contributed by atoms with Crippen molar-refractivity contribution in [1.82, 2.24) is 0 Å². The summed E-state index contributed by atoms with van der Waals surface area (Å²) in [6, 6.07) is 9.20. The molecule has 0 spiro atoms. The van der Waals surface area contributed by atoms with Gasteiger partial charge < -0.3 is 0 Å². The highest BCUT2D eigenvalue weighted by atomic mass is 35.5. The van der Waals surface area contributed by atoms with Gasteiger partial charge >= 0.3 is 0 Å². The van der Waals surface area contributed by atoms with Crippen molar-refractivity contribution >= 4 is 17.4 Å². The predicted molar refractivity (Wildman–Crippen MR) is 69.1 cm³/mol. The number of Topliss-reactive ketones (excluding diaryl/α,β-unsaturated/α-hetero) is 1. The first kappa shape index (κ1) is 11.7. The number of hydrogen-bond acceptors (Lipinski definition) is 2. The Kier molecular flexibility index (Phi) is 2.87. The van der Waals surface area contributed by atoms with E-state index in [0.29, 0.717) is 16.9 Å². The van der Waals surface area contributed by atoms with Crippen LogP contribution < -0.4 is 0 Å². The van der Waals surface area contributed by atoms with Crippen molar-refractivity contribution in [2.45, 2.75) is 25.2 Å². The number of hydrogen-bond donors (Lipinski definition) is 0. The Morgan fingerprint density at radius 3 is 2.44 bits per heavy atom. The van der Waals surface area contributed by atoms with Crippen LogP contribution in [0.1, 0.15) is 30.7 Å². The fourth-order valence-corrected chi connectivity index (χ4v) is 3.52. The number of carbonyl (C=O) groups excluding carboxylic acids is 1. The lowest BCUT2D eigenvalue weighted by Gasteiger charge is -2.10. The molecule has 0 aromatic heterocycles. The Morgan fingerprint density at radius 2 is 1.89 bits per heavy atom. The van der Waals surface area contributed by atoms with E-state index in [1.165, 1.54) is 19.3 Å². The van der Waals surface area contributed by atoms with Gasteiger partial charge in [0.25, 0.3) is 0 Å². The van der Waals surface area contributed by atoms with Gasteiger partial charge in [0, 0.05) is 10.9 Å². The minimum atomic E-state index is -0.613. The van der Waals surface area contributed by atoms with Crippen molar-refractivity contribution in [3.05, 3.63) is 34.9 Å². The van der Waals surface area contributed by atoms with Gasteiger partial charge in [-0.3, -0.25) is 4.79 Å². The lowest BCUT2D eigenvalue weighted by Crippen LogP contribution is -2.15. The fourth-order valence-electron chi connectivity index (χ4n) is 3.39. The second kappa shape index (κ2) is 4.40. The van der Waals surface area contributed by atoms with Gasteiger partial charge in [0.05, 0.1) is 6.07 Å². The summed E-state index contributed by atoms with van der Waals surface area (Å²) in [6.07, 6.45) is 3.58. The van der Waals surface area contributed by atoms with E-state index < -0.39 is 5.92 Å². The van der Waals surface area contributed by atoms with E-state index in [4.69, 9.17) is 11.6 Å². The standard InChI is InChI=1S/C15H14ClNO/c16-10-6-4-9(5-7-10)13(8-17)15(18)14-11-2-1-3-12(11)14/h4-7,11-14H,1-3H2. The van der Waals surface area contributed by atoms with Crippen molar-refractivity contribution in [1.29, 1.82) is 5.26 Å². The van der Waals surface area contributed by atoms with E-state index in [9.17, 15) is 10.1 Å². The van der Waals surface area contributed by atoms with Gasteiger partial charge in [0.15, 0.2) is 5.78 Å². The summed E-state index contributed by atoms with van der Waals surface area (Å²) in [5.41, 5.74) is 0.775. The predicted octanol–water partition coefficient (Wildman–Crippen LogP) is 3.56. The maximum absolute atomic E-state index is 12.4. The number of nitrogens with zero attached hydrogens (tertiary/aromatic N) is 1. The number of halogens is 1. The number of ketones is 1. The molecule has 3 rings (SSSR count). The second-order valence-electron chi connectivity index (χ2n) is 5.30. The molecule has 2 aliphatic rings. The third-order valence-corrected chi connectivity index (χ3v) is 4.60. The molecule has 92 valence electrons. The maximum atomic E-state index is 12.4. The number of rotatable bonds is 3. The summed E-state index contributed by atoms with van der Waals surface area (Å²) in [5.74, 6) is 0.799. The van der Waals surface area contributed by atoms with Crippen LogP contribution in [0, 0.1) is 29.1 Å². The number of fused-ring (bicyclic) bond motifs is 1. The molecule has 0 bridgehead atoms. The van der Waals surface area contributed by atoms with Crippen LogP contribution >= 0.6 is 11.6 Å². The van der Waals surface area contributed by atoms with Gasteiger partial charge in [-0.1, -0.05) is 30.2 Å². The third-order valence-electron chi connectivity index (χ3n) is 4.35. The molecule has 0 saturated heterocycles. The lowest BCUT2D eigenvalue weighted by atomic mass is 9.91. The molecule has 2 aliphatic carbocycles. The summed E-state index contributed by atoms with van der Waals surface area (Å²) >= 11 is 5.82. The Hall–Kier alpha value is -1.33. The van der Waals surface area contributed by atoms with Crippen LogP contribution in [-0.2, 0) is 4.79 Å². The topological polar surface area (TPSA) is 40.9 Å². The molecule has 3 unspecified atom stereocenters. The molecule has 1 aromatic rings. The minimum Gasteiger partial charge on any atom is -0.298 e. The van der Waals surface area contributed by atoms with Gasteiger partial charge in [-0.25, -0.2) is 0 Å². The van der Waals surface area contributed by atoms with Gasteiger partial charge in [0.2, 0.25) is 0 Å². The van der Waals surface area contributed by atoms with Crippen LogP contribution in [0.4, 0.5) is 0 Å². The van der Waals surface area contributed by atoms with Crippen LogP contribution in [0.3, 0.4) is 0 Å². The molecule has 0 radical (unpaired) electrons. The Labute approximate surface area is 112 Å². The van der Waals surface area contributed by atoms with Crippen molar-refractivity contribution in [2.24, 2.45) is 17.8 Å². The van der Waals surface area contributed by atoms with Gasteiger partial charge in [0.1, 0.15) is 5.92 Å². The van der Waals surface area contributed by atoms with E-state index in [1.54, 1.807) is 24.3 Å². The maximum Gasteiger partial charge on any atom is 0.158 e. The fraction of sp³-hybridized carbons (Fsp3) is 0.467. The zero-order valence-corrected chi connectivity index (χ0v) is 10.7. The quantitative estimate of drug-likeness (QED) is 0.833. The highest BCUT2D eigenvalue weighted by Gasteiger charge is 2.57. The molecule has 1 aromatic carbocycles. The third kappa shape index (κ3) is 1.83. The molecule has 18 heavy (non-hydrogen) atoms. The molecule has 0 amide bonds. The van der Waals surface area contributed by atoms with Gasteiger partial charge in [-0.15, -0.1) is 0 Å². The Bertz CT molecular complexity index is 506. The van der Waals surface area contributed by atoms with Crippen LogP contribution in [0.2, 0.25) is 5.02 Å². The minimum absolute atomic E-state index is 0.120. The molecule has 3 heteroatoms. The van der Waals surface area contributed by atoms with E-state index in [1.807, 2.05) is 0 Å².